The molecule has 1 aliphatic rings. The van der Waals surface area contributed by atoms with Gasteiger partial charge in [-0.05, 0) is 24.6 Å². The molecular weight excluding hydrogens is 306 g/mol. The van der Waals surface area contributed by atoms with Gasteiger partial charge in [0.05, 0.1) is 12.2 Å². The number of hydrogen-bond donors (Lipinski definition) is 1. The number of esters is 1. The topological polar surface area (TPSA) is 64.6 Å². The largest absolute Gasteiger partial charge is 0.460 e. The zero-order valence-electron chi connectivity index (χ0n) is 12.5. The van der Waals surface area contributed by atoms with Crippen molar-refractivity contribution in [2.45, 2.75) is 19.3 Å². The second-order valence-electron chi connectivity index (χ2n) is 5.03. The fourth-order valence-electron chi connectivity index (χ4n) is 2.47. The van der Waals surface area contributed by atoms with Crippen molar-refractivity contribution >= 4 is 23.5 Å². The number of halogens is 1. The summed E-state index contributed by atoms with van der Waals surface area (Å²) in [5.74, 6) is -0.932. The molecule has 1 heterocycles. The van der Waals surface area contributed by atoms with Crippen molar-refractivity contribution in [3.8, 4) is 0 Å². The number of methoxy groups -OCH3 is 1. The highest BCUT2D eigenvalue weighted by Gasteiger charge is 2.32. The predicted octanol–water partition coefficient (Wildman–Crippen LogP) is 2.41. The van der Waals surface area contributed by atoms with E-state index in [9.17, 15) is 9.59 Å². The molecule has 0 bridgehead atoms. The van der Waals surface area contributed by atoms with E-state index in [1.54, 1.807) is 25.1 Å². The summed E-state index contributed by atoms with van der Waals surface area (Å²) in [5, 5.41) is 3.25. The van der Waals surface area contributed by atoms with E-state index in [-0.39, 0.29) is 24.9 Å². The highest BCUT2D eigenvalue weighted by molar-refractivity contribution is 6.30. The Hall–Kier alpha value is -1.85. The van der Waals surface area contributed by atoms with Gasteiger partial charge in [-0.2, -0.15) is 0 Å². The third kappa shape index (κ3) is 3.87. The smallest absolute Gasteiger partial charge is 0.336 e. The number of nitrogens with one attached hydrogen (secondary N) is 1. The van der Waals surface area contributed by atoms with Crippen molar-refractivity contribution in [1.82, 2.24) is 5.32 Å². The molecule has 1 amide bonds. The van der Waals surface area contributed by atoms with Crippen LogP contribution in [0.3, 0.4) is 0 Å². The molecule has 22 heavy (non-hydrogen) atoms. The number of allylic oxidation sites excluding steroid dienone is 1. The van der Waals surface area contributed by atoms with Crippen LogP contribution in [0.1, 0.15) is 24.8 Å². The lowest BCUT2D eigenvalue weighted by molar-refractivity contribution is -0.140. The number of hydrogen-bond acceptors (Lipinski definition) is 4. The van der Waals surface area contributed by atoms with E-state index in [2.05, 4.69) is 5.32 Å². The normalized spacial score (nSPS) is 18.1. The minimum Gasteiger partial charge on any atom is -0.460 e. The quantitative estimate of drug-likeness (QED) is 0.667. The van der Waals surface area contributed by atoms with Crippen molar-refractivity contribution < 1.29 is 19.1 Å². The monoisotopic (exact) mass is 323 g/mol. The molecule has 0 aromatic heterocycles. The predicted molar refractivity (Wildman–Crippen MR) is 82.5 cm³/mol. The molecule has 1 N–H and O–H groups in total. The lowest BCUT2D eigenvalue weighted by Gasteiger charge is -2.26. The second kappa shape index (κ2) is 7.42. The Morgan fingerprint density at radius 2 is 2.18 bits per heavy atom. The first kappa shape index (κ1) is 16.5. The summed E-state index contributed by atoms with van der Waals surface area (Å²) < 4.78 is 10.1. The van der Waals surface area contributed by atoms with Gasteiger partial charge in [0.15, 0.2) is 0 Å². The van der Waals surface area contributed by atoms with Crippen LogP contribution in [0.4, 0.5) is 0 Å². The van der Waals surface area contributed by atoms with Crippen LogP contribution in [0.15, 0.2) is 35.5 Å². The maximum absolute atomic E-state index is 12.3. The summed E-state index contributed by atoms with van der Waals surface area (Å²) in [7, 11) is 1.54. The molecule has 6 heteroatoms. The molecule has 0 radical (unpaired) electrons. The second-order valence-corrected chi connectivity index (χ2v) is 5.46. The summed E-state index contributed by atoms with van der Waals surface area (Å²) in [6.45, 7) is 2.19. The Balaban J connectivity index is 2.30. The van der Waals surface area contributed by atoms with Crippen LogP contribution in [-0.4, -0.2) is 32.2 Å². The third-order valence-electron chi connectivity index (χ3n) is 3.46. The Morgan fingerprint density at radius 3 is 2.86 bits per heavy atom. The number of rotatable bonds is 5. The molecular formula is C16H18ClNO4. The van der Waals surface area contributed by atoms with Gasteiger partial charge in [0, 0.05) is 30.2 Å². The average Bonchev–Trinajstić information content (AvgIpc) is 2.46. The van der Waals surface area contributed by atoms with Crippen LogP contribution in [0.5, 0.6) is 0 Å². The van der Waals surface area contributed by atoms with Gasteiger partial charge in [0.2, 0.25) is 5.91 Å². The molecule has 5 nitrogen and oxygen atoms in total. The maximum Gasteiger partial charge on any atom is 0.336 e. The van der Waals surface area contributed by atoms with Crippen molar-refractivity contribution in [3.05, 3.63) is 46.1 Å². The molecule has 0 fully saturated rings. The van der Waals surface area contributed by atoms with E-state index in [0.29, 0.717) is 22.9 Å². The molecule has 1 aromatic rings. The first-order valence-corrected chi connectivity index (χ1v) is 7.33. The first-order valence-electron chi connectivity index (χ1n) is 6.95. The summed E-state index contributed by atoms with van der Waals surface area (Å²) >= 11 is 6.02. The Kier molecular flexibility index (Phi) is 5.57. The summed E-state index contributed by atoms with van der Waals surface area (Å²) in [5.41, 5.74) is 1.79. The molecule has 118 valence electrons. The number of ether oxygens (including phenoxy) is 2. The van der Waals surface area contributed by atoms with E-state index < -0.39 is 5.97 Å². The lowest BCUT2D eigenvalue weighted by Crippen LogP contribution is -2.34. The van der Waals surface area contributed by atoms with Crippen molar-refractivity contribution in [3.63, 3.8) is 0 Å². The van der Waals surface area contributed by atoms with Gasteiger partial charge in [-0.25, -0.2) is 4.79 Å². The van der Waals surface area contributed by atoms with Crippen molar-refractivity contribution in [2.24, 2.45) is 0 Å². The third-order valence-corrected chi connectivity index (χ3v) is 3.70. The Morgan fingerprint density at radius 1 is 1.41 bits per heavy atom. The molecule has 0 spiro atoms. The van der Waals surface area contributed by atoms with E-state index in [1.807, 2.05) is 6.07 Å². The van der Waals surface area contributed by atoms with Gasteiger partial charge in [0.25, 0.3) is 0 Å². The van der Waals surface area contributed by atoms with Gasteiger partial charge >= 0.3 is 5.97 Å². The van der Waals surface area contributed by atoms with Crippen LogP contribution in [0, 0.1) is 0 Å². The maximum atomic E-state index is 12.3. The molecule has 1 aromatic carbocycles. The molecule has 0 saturated heterocycles. The van der Waals surface area contributed by atoms with Gasteiger partial charge in [-0.15, -0.1) is 0 Å². The van der Waals surface area contributed by atoms with Gasteiger partial charge in [0.1, 0.15) is 6.61 Å². The standard InChI is InChI=1S/C16H18ClNO4/c1-10-15(16(20)22-7-6-21-2)13(9-14(19)18-10)11-4-3-5-12(17)8-11/h3-5,8,13H,6-7,9H2,1-2H3,(H,18,19)/t13-/m1/s1. The van der Waals surface area contributed by atoms with Crippen molar-refractivity contribution in [1.29, 1.82) is 0 Å². The Bertz CT molecular complexity index is 612. The van der Waals surface area contributed by atoms with E-state index in [0.717, 1.165) is 5.56 Å². The van der Waals surface area contributed by atoms with Gasteiger partial charge in [-0.3, -0.25) is 4.79 Å². The van der Waals surface area contributed by atoms with Gasteiger partial charge in [-0.1, -0.05) is 23.7 Å². The molecule has 1 aliphatic heterocycles. The number of amides is 1. The zero-order chi connectivity index (χ0) is 16.1. The van der Waals surface area contributed by atoms with Gasteiger partial charge < -0.3 is 14.8 Å². The SMILES string of the molecule is COCCOC(=O)C1=C(C)NC(=O)C[C@@H]1c1cccc(Cl)c1. The van der Waals surface area contributed by atoms with E-state index >= 15 is 0 Å². The minimum absolute atomic E-state index is 0.129. The highest BCUT2D eigenvalue weighted by Crippen LogP contribution is 2.34. The molecule has 0 unspecified atom stereocenters. The fraction of sp³-hybridized carbons (Fsp3) is 0.375. The zero-order valence-corrected chi connectivity index (χ0v) is 13.3. The fourth-order valence-corrected chi connectivity index (χ4v) is 2.67. The van der Waals surface area contributed by atoms with Crippen LogP contribution in [0.2, 0.25) is 5.02 Å². The molecule has 0 aliphatic carbocycles. The summed E-state index contributed by atoms with van der Waals surface area (Å²) in [6.07, 6.45) is 0.187. The Labute approximate surface area is 134 Å². The van der Waals surface area contributed by atoms with Crippen LogP contribution in [-0.2, 0) is 19.1 Å². The van der Waals surface area contributed by atoms with E-state index in [4.69, 9.17) is 21.1 Å². The number of carbonyl (C=O) groups is 2. The van der Waals surface area contributed by atoms with Crippen LogP contribution >= 0.6 is 11.6 Å². The average molecular weight is 324 g/mol. The highest BCUT2D eigenvalue weighted by atomic mass is 35.5. The van der Waals surface area contributed by atoms with E-state index in [1.165, 1.54) is 7.11 Å². The summed E-state index contributed by atoms with van der Waals surface area (Å²) in [4.78, 5) is 24.2. The van der Waals surface area contributed by atoms with Crippen molar-refractivity contribution in [2.75, 3.05) is 20.3 Å². The van der Waals surface area contributed by atoms with Crippen LogP contribution < -0.4 is 5.32 Å². The number of benzene rings is 1. The minimum atomic E-state index is -0.445. The molecule has 1 atom stereocenters. The first-order chi connectivity index (χ1) is 10.5. The summed E-state index contributed by atoms with van der Waals surface area (Å²) in [6, 6.07) is 7.17. The molecule has 0 saturated carbocycles. The molecule has 2 rings (SSSR count). The number of carbonyl (C=O) groups excluding carboxylic acids is 2. The lowest BCUT2D eigenvalue weighted by atomic mass is 9.84. The van der Waals surface area contributed by atoms with Crippen LogP contribution in [0.25, 0.3) is 0 Å².